The number of thiocarbonyl (C=S) groups is 1. The van der Waals surface area contributed by atoms with Crippen molar-refractivity contribution in [3.05, 3.63) is 24.0 Å². The Labute approximate surface area is 171 Å². The van der Waals surface area contributed by atoms with Gasteiger partial charge in [-0.15, -0.1) is 6.42 Å². The van der Waals surface area contributed by atoms with Crippen LogP contribution < -0.4 is 15.1 Å². The van der Waals surface area contributed by atoms with Gasteiger partial charge in [-0.2, -0.15) is 5.10 Å². The molecule has 0 aliphatic carbocycles. The third-order valence-electron chi connectivity index (χ3n) is 4.36. The molecule has 0 unspecified atom stereocenters. The van der Waals surface area contributed by atoms with Crippen molar-refractivity contribution in [2.24, 2.45) is 5.10 Å². The smallest absolute Gasteiger partial charge is 0.414 e. The molecule has 1 atom stereocenters. The summed E-state index contributed by atoms with van der Waals surface area (Å²) in [7, 11) is 0. The Morgan fingerprint density at radius 2 is 2.24 bits per heavy atom. The molecule has 11 heteroatoms. The van der Waals surface area contributed by atoms with Crippen LogP contribution >= 0.6 is 12.2 Å². The number of nitrogens with one attached hydrogen (secondary N) is 1. The van der Waals surface area contributed by atoms with E-state index in [4.69, 9.17) is 11.2 Å². The fourth-order valence-electron chi connectivity index (χ4n) is 2.91. The lowest BCUT2D eigenvalue weighted by atomic mass is 10.2. The Morgan fingerprint density at radius 1 is 1.45 bits per heavy atom. The maximum absolute atomic E-state index is 14.7. The van der Waals surface area contributed by atoms with E-state index in [0.717, 1.165) is 0 Å². The van der Waals surface area contributed by atoms with E-state index < -0.39 is 29.4 Å². The van der Waals surface area contributed by atoms with Gasteiger partial charge < -0.3 is 15.0 Å². The SMILES string of the molecule is C#CCN1CCN(c2ccc(N3C[C@H](CNC(=S)C(F)F)OC3=O)cc2F)C=N1. The number of cyclic esters (lactones) is 1. The van der Waals surface area contributed by atoms with Crippen molar-refractivity contribution in [1.82, 2.24) is 10.3 Å². The Balaban J connectivity index is 1.64. The van der Waals surface area contributed by atoms with E-state index in [1.807, 2.05) is 0 Å². The predicted octanol–water partition coefficient (Wildman–Crippen LogP) is 2.03. The Morgan fingerprint density at radius 3 is 2.86 bits per heavy atom. The molecule has 1 aromatic rings. The number of halogens is 3. The molecular weight excluding hydrogens is 407 g/mol. The lowest BCUT2D eigenvalue weighted by molar-refractivity contribution is 0.142. The third kappa shape index (κ3) is 4.89. The van der Waals surface area contributed by atoms with E-state index in [-0.39, 0.29) is 13.1 Å². The van der Waals surface area contributed by atoms with Crippen LogP contribution in [0.15, 0.2) is 23.3 Å². The first-order valence-electron chi connectivity index (χ1n) is 8.71. The van der Waals surface area contributed by atoms with Gasteiger partial charge in [0.1, 0.15) is 23.2 Å². The molecule has 1 N–H and O–H groups in total. The molecule has 1 saturated heterocycles. The number of ether oxygens (including phenoxy) is 1. The van der Waals surface area contributed by atoms with E-state index in [9.17, 15) is 18.0 Å². The van der Waals surface area contributed by atoms with Crippen molar-refractivity contribution in [3.8, 4) is 12.3 Å². The number of rotatable bonds is 6. The zero-order chi connectivity index (χ0) is 21.0. The summed E-state index contributed by atoms with van der Waals surface area (Å²) in [5.74, 6) is 1.96. The molecular formula is C18H18F3N5O2S. The van der Waals surface area contributed by atoms with Crippen molar-refractivity contribution in [2.45, 2.75) is 12.5 Å². The molecule has 154 valence electrons. The molecule has 0 aromatic heterocycles. The number of amides is 1. The van der Waals surface area contributed by atoms with Crippen molar-refractivity contribution in [1.29, 1.82) is 0 Å². The van der Waals surface area contributed by atoms with Crippen LogP contribution in [0, 0.1) is 18.2 Å². The number of nitrogens with zero attached hydrogens (tertiary/aromatic N) is 4. The summed E-state index contributed by atoms with van der Waals surface area (Å²) < 4.78 is 44.6. The summed E-state index contributed by atoms with van der Waals surface area (Å²) in [5, 5.41) is 8.21. The largest absolute Gasteiger partial charge is 0.442 e. The van der Waals surface area contributed by atoms with Crippen LogP contribution in [0.25, 0.3) is 0 Å². The average molecular weight is 425 g/mol. The van der Waals surface area contributed by atoms with Gasteiger partial charge in [-0.25, -0.2) is 18.0 Å². The minimum Gasteiger partial charge on any atom is -0.442 e. The van der Waals surface area contributed by atoms with Crippen LogP contribution in [0.2, 0.25) is 0 Å². The van der Waals surface area contributed by atoms with E-state index in [2.05, 4.69) is 28.6 Å². The highest BCUT2D eigenvalue weighted by atomic mass is 32.1. The number of carbonyl (C=O) groups excluding carboxylic acids is 1. The monoisotopic (exact) mass is 425 g/mol. The lowest BCUT2D eigenvalue weighted by Crippen LogP contribution is -2.38. The van der Waals surface area contributed by atoms with Gasteiger partial charge in [0.05, 0.1) is 37.6 Å². The van der Waals surface area contributed by atoms with Gasteiger partial charge in [0.15, 0.2) is 0 Å². The van der Waals surface area contributed by atoms with E-state index >= 15 is 0 Å². The molecule has 1 fully saturated rings. The first-order valence-corrected chi connectivity index (χ1v) is 9.12. The maximum atomic E-state index is 14.7. The molecule has 0 saturated carbocycles. The van der Waals surface area contributed by atoms with Crippen LogP contribution in [-0.2, 0) is 4.74 Å². The van der Waals surface area contributed by atoms with Gasteiger partial charge in [0.2, 0.25) is 0 Å². The molecule has 7 nitrogen and oxygen atoms in total. The molecule has 3 rings (SSSR count). The highest BCUT2D eigenvalue weighted by Gasteiger charge is 2.33. The minimum absolute atomic E-state index is 0.0512. The van der Waals surface area contributed by atoms with E-state index in [0.29, 0.717) is 31.0 Å². The van der Waals surface area contributed by atoms with Crippen LogP contribution in [0.1, 0.15) is 0 Å². The van der Waals surface area contributed by atoms with Crippen LogP contribution in [0.3, 0.4) is 0 Å². The van der Waals surface area contributed by atoms with Gasteiger partial charge in [-0.1, -0.05) is 18.1 Å². The van der Waals surface area contributed by atoms with Crippen molar-refractivity contribution < 1.29 is 22.7 Å². The predicted molar refractivity (Wildman–Crippen MR) is 107 cm³/mol. The summed E-state index contributed by atoms with van der Waals surface area (Å²) in [6, 6.07) is 4.34. The first-order chi connectivity index (χ1) is 13.9. The molecule has 1 aromatic carbocycles. The summed E-state index contributed by atoms with van der Waals surface area (Å²) in [5.41, 5.74) is 0.615. The molecule has 2 aliphatic rings. The number of hydrazone groups is 1. The maximum Gasteiger partial charge on any atom is 0.414 e. The fraction of sp³-hybridized carbons (Fsp3) is 0.389. The third-order valence-corrected chi connectivity index (χ3v) is 4.68. The molecule has 29 heavy (non-hydrogen) atoms. The number of terminal acetylenes is 1. The van der Waals surface area contributed by atoms with Gasteiger partial charge >= 0.3 is 6.09 Å². The number of alkyl halides is 2. The van der Waals surface area contributed by atoms with Gasteiger partial charge in [-0.3, -0.25) is 9.91 Å². The van der Waals surface area contributed by atoms with Gasteiger partial charge in [0, 0.05) is 6.54 Å². The fourth-order valence-corrected chi connectivity index (χ4v) is 2.99. The number of hydrogen-bond acceptors (Lipinski definition) is 6. The quantitative estimate of drug-likeness (QED) is 0.556. The summed E-state index contributed by atoms with van der Waals surface area (Å²) in [6.45, 7) is 1.47. The number of benzene rings is 1. The van der Waals surface area contributed by atoms with E-state index in [1.54, 1.807) is 16.0 Å². The van der Waals surface area contributed by atoms with Gasteiger partial charge in [-0.05, 0) is 18.2 Å². The van der Waals surface area contributed by atoms with Gasteiger partial charge in [0.25, 0.3) is 6.43 Å². The van der Waals surface area contributed by atoms with E-state index in [1.165, 1.54) is 23.4 Å². The zero-order valence-electron chi connectivity index (χ0n) is 15.2. The highest BCUT2D eigenvalue weighted by Crippen LogP contribution is 2.28. The van der Waals surface area contributed by atoms with Crippen molar-refractivity contribution in [2.75, 3.05) is 42.5 Å². The minimum atomic E-state index is -2.78. The molecule has 0 spiro atoms. The molecule has 0 bridgehead atoms. The first kappa shape index (κ1) is 20.7. The standard InChI is InChI=1S/C18H18F3N5O2S/c1-2-5-25-7-6-24(11-23-25)15-4-3-12(8-14(15)19)26-10-13(28-18(26)27)9-22-17(29)16(20)21/h1,3-4,8,11,13,16H,5-7,9-10H2,(H,22,29)/t13-/m0/s1. The number of anilines is 2. The Kier molecular flexibility index (Phi) is 6.43. The van der Waals surface area contributed by atoms with Crippen molar-refractivity contribution in [3.63, 3.8) is 0 Å². The summed E-state index contributed by atoms with van der Waals surface area (Å²) in [4.78, 5) is 14.4. The topological polar surface area (TPSA) is 60.4 Å². The normalized spacial score (nSPS) is 18.8. The Hall–Kier alpha value is -3.00. The molecule has 2 heterocycles. The van der Waals surface area contributed by atoms with Crippen LogP contribution in [0.4, 0.5) is 29.3 Å². The number of hydrogen-bond donors (Lipinski definition) is 1. The number of carbonyl (C=O) groups is 1. The summed E-state index contributed by atoms with van der Waals surface area (Å²) >= 11 is 4.49. The molecule has 0 radical (unpaired) electrons. The van der Waals surface area contributed by atoms with Crippen LogP contribution in [-0.4, -0.2) is 67.7 Å². The highest BCUT2D eigenvalue weighted by molar-refractivity contribution is 7.80. The second kappa shape index (κ2) is 9.00. The summed E-state index contributed by atoms with van der Waals surface area (Å²) in [6.07, 6.45) is 2.60. The molecule has 1 amide bonds. The van der Waals surface area contributed by atoms with Crippen LogP contribution in [0.5, 0.6) is 0 Å². The second-order valence-corrected chi connectivity index (χ2v) is 6.75. The zero-order valence-corrected chi connectivity index (χ0v) is 16.0. The Bertz CT molecular complexity index is 860. The van der Waals surface area contributed by atoms with Crippen molar-refractivity contribution >= 4 is 41.0 Å². The second-order valence-electron chi connectivity index (χ2n) is 6.31. The lowest BCUT2D eigenvalue weighted by Gasteiger charge is -2.29. The molecule has 2 aliphatic heterocycles. The average Bonchev–Trinajstić information content (AvgIpc) is 3.07.